The van der Waals surface area contributed by atoms with E-state index in [1.807, 2.05) is 12.1 Å². The number of nitrogens with two attached hydrogens (primary N) is 1. The van der Waals surface area contributed by atoms with Gasteiger partial charge in [-0.2, -0.15) is 0 Å². The van der Waals surface area contributed by atoms with Crippen molar-refractivity contribution in [3.63, 3.8) is 0 Å². The Balaban J connectivity index is 1.69. The molecule has 0 spiro atoms. The number of thioether (sulfide) groups is 1. The van der Waals surface area contributed by atoms with Crippen LogP contribution in [0, 0.1) is 6.92 Å². The van der Waals surface area contributed by atoms with Crippen molar-refractivity contribution >= 4 is 29.3 Å². The van der Waals surface area contributed by atoms with Crippen LogP contribution in [0.25, 0.3) is 0 Å². The highest BCUT2D eigenvalue weighted by atomic mass is 32.2. The third-order valence-corrected chi connectivity index (χ3v) is 5.15. The van der Waals surface area contributed by atoms with Crippen LogP contribution >= 0.6 is 11.8 Å². The second-order valence-corrected chi connectivity index (χ2v) is 7.22. The van der Waals surface area contributed by atoms with Gasteiger partial charge < -0.3 is 16.0 Å². The van der Waals surface area contributed by atoms with Gasteiger partial charge in [0.2, 0.25) is 5.91 Å². The van der Waals surface area contributed by atoms with Crippen LogP contribution in [0.1, 0.15) is 24.5 Å². The van der Waals surface area contributed by atoms with Gasteiger partial charge in [-0.25, -0.2) is 9.97 Å². The van der Waals surface area contributed by atoms with E-state index in [9.17, 15) is 4.79 Å². The molecule has 3 N–H and O–H groups in total. The lowest BCUT2D eigenvalue weighted by molar-refractivity contribution is -0.119. The smallest absolute Gasteiger partial charge is 0.217 e. The summed E-state index contributed by atoms with van der Waals surface area (Å²) < 4.78 is 0. The Morgan fingerprint density at radius 3 is 2.96 bits per heavy atom. The first-order valence-corrected chi connectivity index (χ1v) is 9.34. The molecule has 3 rings (SSSR count). The summed E-state index contributed by atoms with van der Waals surface area (Å²) >= 11 is 1.59. The number of nitrogens with one attached hydrogen (secondary N) is 1. The zero-order chi connectivity index (χ0) is 17.8. The molecule has 132 valence electrons. The molecule has 1 aromatic carbocycles. The Kier molecular flexibility index (Phi) is 5.43. The van der Waals surface area contributed by atoms with Gasteiger partial charge in [0, 0.05) is 37.9 Å². The number of carbonyl (C=O) groups is 1. The summed E-state index contributed by atoms with van der Waals surface area (Å²) in [5.74, 6) is 2.11. The maximum Gasteiger partial charge on any atom is 0.217 e. The van der Waals surface area contributed by atoms with Gasteiger partial charge in [0.05, 0.1) is 0 Å². The molecule has 1 amide bonds. The van der Waals surface area contributed by atoms with Crippen molar-refractivity contribution in [3.05, 3.63) is 41.5 Å². The van der Waals surface area contributed by atoms with Gasteiger partial charge in [-0.15, -0.1) is 0 Å². The number of benzene rings is 1. The Labute approximate surface area is 152 Å². The van der Waals surface area contributed by atoms with Crippen molar-refractivity contribution in [1.82, 2.24) is 15.3 Å². The van der Waals surface area contributed by atoms with Crippen LogP contribution in [0.15, 0.2) is 35.5 Å². The third-order valence-electron chi connectivity index (χ3n) is 4.25. The minimum absolute atomic E-state index is 0.00327. The molecular formula is C18H23N5OS. The van der Waals surface area contributed by atoms with Gasteiger partial charge >= 0.3 is 0 Å². The number of amides is 1. The molecule has 0 saturated carbocycles. The van der Waals surface area contributed by atoms with Gasteiger partial charge in [-0.05, 0) is 24.5 Å². The van der Waals surface area contributed by atoms with Gasteiger partial charge in [-0.3, -0.25) is 4.79 Å². The minimum Gasteiger partial charge on any atom is -0.383 e. The Bertz CT molecular complexity index is 767. The number of anilines is 2. The number of hydrogen-bond acceptors (Lipinski definition) is 6. The summed E-state index contributed by atoms with van der Waals surface area (Å²) in [4.78, 5) is 22.4. The molecule has 1 saturated heterocycles. The molecule has 1 unspecified atom stereocenters. The fourth-order valence-electron chi connectivity index (χ4n) is 2.94. The van der Waals surface area contributed by atoms with E-state index in [1.165, 1.54) is 11.1 Å². The van der Waals surface area contributed by atoms with Crippen molar-refractivity contribution in [2.24, 2.45) is 0 Å². The van der Waals surface area contributed by atoms with Crippen molar-refractivity contribution < 1.29 is 4.79 Å². The molecule has 0 radical (unpaired) electrons. The van der Waals surface area contributed by atoms with Gasteiger partial charge in [0.25, 0.3) is 0 Å². The number of nitrogen functional groups attached to an aromatic ring is 1. The van der Waals surface area contributed by atoms with Gasteiger partial charge in [0.1, 0.15) is 11.6 Å². The van der Waals surface area contributed by atoms with Crippen LogP contribution < -0.4 is 16.0 Å². The first-order chi connectivity index (χ1) is 12.0. The highest BCUT2D eigenvalue weighted by molar-refractivity contribution is 7.98. The molecule has 2 heterocycles. The first kappa shape index (κ1) is 17.5. The molecule has 1 fully saturated rings. The van der Waals surface area contributed by atoms with Crippen molar-refractivity contribution in [3.8, 4) is 0 Å². The molecule has 0 aliphatic carbocycles. The third kappa shape index (κ3) is 4.63. The first-order valence-electron chi connectivity index (χ1n) is 8.35. The Morgan fingerprint density at radius 2 is 2.20 bits per heavy atom. The maximum absolute atomic E-state index is 11.2. The molecule has 25 heavy (non-hydrogen) atoms. The van der Waals surface area contributed by atoms with Crippen LogP contribution in [0.4, 0.5) is 11.6 Å². The summed E-state index contributed by atoms with van der Waals surface area (Å²) in [5.41, 5.74) is 8.51. The normalized spacial score (nSPS) is 16.9. The number of aromatic nitrogens is 2. The topological polar surface area (TPSA) is 84.1 Å². The zero-order valence-electron chi connectivity index (χ0n) is 14.5. The molecule has 6 nitrogen and oxygen atoms in total. The molecule has 1 aliphatic heterocycles. The highest BCUT2D eigenvalue weighted by Crippen LogP contribution is 2.26. The molecule has 1 aliphatic rings. The number of rotatable bonds is 5. The van der Waals surface area contributed by atoms with Crippen LogP contribution in [0.5, 0.6) is 0 Å². The average molecular weight is 357 g/mol. The lowest BCUT2D eigenvalue weighted by Crippen LogP contribution is -2.35. The van der Waals surface area contributed by atoms with E-state index in [0.29, 0.717) is 11.0 Å². The molecule has 7 heteroatoms. The predicted octanol–water partition coefficient (Wildman–Crippen LogP) is 2.37. The number of nitrogens with zero attached hydrogens (tertiary/aromatic N) is 3. The Morgan fingerprint density at radius 1 is 1.40 bits per heavy atom. The van der Waals surface area contributed by atoms with E-state index in [2.05, 4.69) is 39.2 Å². The van der Waals surface area contributed by atoms with Crippen LogP contribution in [-0.2, 0) is 10.5 Å². The van der Waals surface area contributed by atoms with E-state index in [0.717, 1.165) is 31.1 Å². The van der Waals surface area contributed by atoms with Crippen molar-refractivity contribution in [1.29, 1.82) is 0 Å². The fourth-order valence-corrected chi connectivity index (χ4v) is 3.88. The number of aryl methyl sites for hydroxylation is 1. The number of carbonyl (C=O) groups excluding carboxylic acids is 1. The molecule has 1 atom stereocenters. The largest absolute Gasteiger partial charge is 0.383 e. The lowest BCUT2D eigenvalue weighted by Gasteiger charge is -2.18. The van der Waals surface area contributed by atoms with E-state index >= 15 is 0 Å². The summed E-state index contributed by atoms with van der Waals surface area (Å²) in [7, 11) is 0. The zero-order valence-corrected chi connectivity index (χ0v) is 15.3. The monoisotopic (exact) mass is 357 g/mol. The molecule has 2 aromatic rings. The quantitative estimate of drug-likeness (QED) is 0.631. The predicted molar refractivity (Wildman–Crippen MR) is 102 cm³/mol. The van der Waals surface area contributed by atoms with E-state index in [-0.39, 0.29) is 11.9 Å². The second-order valence-electron chi connectivity index (χ2n) is 6.28. The van der Waals surface area contributed by atoms with Gasteiger partial charge in [0.15, 0.2) is 5.16 Å². The van der Waals surface area contributed by atoms with Crippen LogP contribution in [-0.4, -0.2) is 35.0 Å². The van der Waals surface area contributed by atoms with Crippen molar-refractivity contribution in [2.45, 2.75) is 37.2 Å². The maximum atomic E-state index is 11.2. The molecule has 0 bridgehead atoms. The minimum atomic E-state index is 0.00327. The summed E-state index contributed by atoms with van der Waals surface area (Å²) in [6.07, 6.45) is 0.912. The van der Waals surface area contributed by atoms with Crippen LogP contribution in [0.2, 0.25) is 0 Å². The van der Waals surface area contributed by atoms with Crippen LogP contribution in [0.3, 0.4) is 0 Å². The van der Waals surface area contributed by atoms with Gasteiger partial charge in [-0.1, -0.05) is 36.0 Å². The molecular weight excluding hydrogens is 334 g/mol. The van der Waals surface area contributed by atoms with E-state index in [4.69, 9.17) is 5.73 Å². The number of hydrogen-bond donors (Lipinski definition) is 2. The fraction of sp³-hybridized carbons (Fsp3) is 0.389. The summed E-state index contributed by atoms with van der Waals surface area (Å²) in [6, 6.07) is 10.3. The molecule has 1 aromatic heterocycles. The summed E-state index contributed by atoms with van der Waals surface area (Å²) in [5, 5.41) is 3.64. The standard InChI is InChI=1S/C18H23N5OS/c1-12-5-3-4-6-14(12)11-25-18-21-16(19)9-17(22-18)23-8-7-15(10-23)20-13(2)24/h3-6,9,15H,7-8,10-11H2,1-2H3,(H,20,24)(H2,19,21,22). The summed E-state index contributed by atoms with van der Waals surface area (Å²) in [6.45, 7) is 5.25. The SMILES string of the molecule is CC(=O)NC1CCN(c2cc(N)nc(SCc3ccccc3C)n2)C1. The Hall–Kier alpha value is -2.28. The van der Waals surface area contributed by atoms with E-state index in [1.54, 1.807) is 24.8 Å². The highest BCUT2D eigenvalue weighted by Gasteiger charge is 2.24. The van der Waals surface area contributed by atoms with E-state index < -0.39 is 0 Å². The average Bonchev–Trinajstić information content (AvgIpc) is 3.01. The lowest BCUT2D eigenvalue weighted by atomic mass is 10.1. The van der Waals surface area contributed by atoms with Crippen molar-refractivity contribution in [2.75, 3.05) is 23.7 Å². The second kappa shape index (κ2) is 7.74.